The van der Waals surface area contributed by atoms with Crippen molar-refractivity contribution in [1.29, 1.82) is 0 Å². The van der Waals surface area contributed by atoms with Gasteiger partial charge in [0, 0.05) is 6.07 Å². The van der Waals surface area contributed by atoms with E-state index in [0.717, 1.165) is 11.3 Å². The number of nitro benzene ring substituents is 1. The number of non-ortho nitro benzene ring substituents is 1. The zero-order valence-corrected chi connectivity index (χ0v) is 8.80. The van der Waals surface area contributed by atoms with Crippen LogP contribution >= 0.6 is 0 Å². The predicted molar refractivity (Wildman–Crippen MR) is 63.1 cm³/mol. The summed E-state index contributed by atoms with van der Waals surface area (Å²) >= 11 is 0. The fourth-order valence-electron chi connectivity index (χ4n) is 1.54. The highest BCUT2D eigenvalue weighted by Crippen LogP contribution is 2.25. The van der Waals surface area contributed by atoms with Crippen LogP contribution in [0.25, 0.3) is 16.5 Å². The van der Waals surface area contributed by atoms with E-state index in [2.05, 4.69) is 11.6 Å². The van der Waals surface area contributed by atoms with Gasteiger partial charge in [0.15, 0.2) is 0 Å². The van der Waals surface area contributed by atoms with E-state index in [1.165, 1.54) is 6.07 Å². The lowest BCUT2D eigenvalue weighted by Crippen LogP contribution is -1.92. The second-order valence-electron chi connectivity index (χ2n) is 3.58. The maximum absolute atomic E-state index is 10.8. The Hall–Kier alpha value is -2.23. The monoisotopic (exact) mass is 214 g/mol. The summed E-state index contributed by atoms with van der Waals surface area (Å²) in [7, 11) is 0. The second kappa shape index (κ2) is 3.73. The van der Waals surface area contributed by atoms with Crippen LogP contribution < -0.4 is 0 Å². The lowest BCUT2D eigenvalue weighted by molar-refractivity contribution is -0.383. The Morgan fingerprint density at radius 2 is 2.12 bits per heavy atom. The highest BCUT2D eigenvalue weighted by atomic mass is 16.6. The molecule has 0 unspecified atom stereocenters. The molecule has 0 spiro atoms. The van der Waals surface area contributed by atoms with Gasteiger partial charge in [-0.25, -0.2) is 4.98 Å². The molecule has 0 radical (unpaired) electrons. The van der Waals surface area contributed by atoms with E-state index < -0.39 is 4.92 Å². The van der Waals surface area contributed by atoms with Crippen molar-refractivity contribution in [3.8, 4) is 0 Å². The standard InChI is InChI=1S/C12H10N2O2/c1-8(2)10-7-6-9-11(13-10)4-3-5-12(9)14(15)16/h3-7H,1H2,2H3. The number of hydrogen-bond acceptors (Lipinski definition) is 3. The van der Waals surface area contributed by atoms with E-state index in [0.29, 0.717) is 10.9 Å². The topological polar surface area (TPSA) is 56.0 Å². The first-order chi connectivity index (χ1) is 7.59. The number of pyridine rings is 1. The summed E-state index contributed by atoms with van der Waals surface area (Å²) in [6, 6.07) is 8.33. The van der Waals surface area contributed by atoms with E-state index in [-0.39, 0.29) is 5.69 Å². The summed E-state index contributed by atoms with van der Waals surface area (Å²) in [5.41, 5.74) is 2.30. The van der Waals surface area contributed by atoms with Crippen molar-refractivity contribution in [2.24, 2.45) is 0 Å². The van der Waals surface area contributed by atoms with Gasteiger partial charge in [0.05, 0.1) is 21.5 Å². The minimum atomic E-state index is -0.398. The molecule has 0 amide bonds. The van der Waals surface area contributed by atoms with Crippen LogP contribution in [0, 0.1) is 10.1 Å². The highest BCUT2D eigenvalue weighted by Gasteiger charge is 2.11. The smallest absolute Gasteiger partial charge is 0.258 e. The lowest BCUT2D eigenvalue weighted by atomic mass is 10.1. The van der Waals surface area contributed by atoms with Crippen LogP contribution in [0.2, 0.25) is 0 Å². The van der Waals surface area contributed by atoms with Crippen LogP contribution in [0.4, 0.5) is 5.69 Å². The van der Waals surface area contributed by atoms with Gasteiger partial charge >= 0.3 is 0 Å². The minimum absolute atomic E-state index is 0.0817. The molecule has 0 atom stereocenters. The molecule has 0 bridgehead atoms. The van der Waals surface area contributed by atoms with Gasteiger partial charge in [-0.1, -0.05) is 12.6 Å². The molecule has 2 rings (SSSR count). The van der Waals surface area contributed by atoms with Crippen LogP contribution in [0.1, 0.15) is 12.6 Å². The Morgan fingerprint density at radius 1 is 1.38 bits per heavy atom. The molecular weight excluding hydrogens is 204 g/mol. The van der Waals surface area contributed by atoms with Gasteiger partial charge in [-0.3, -0.25) is 10.1 Å². The molecule has 80 valence electrons. The zero-order valence-electron chi connectivity index (χ0n) is 8.80. The second-order valence-corrected chi connectivity index (χ2v) is 3.58. The van der Waals surface area contributed by atoms with Gasteiger partial charge < -0.3 is 0 Å². The van der Waals surface area contributed by atoms with Crippen molar-refractivity contribution in [2.75, 3.05) is 0 Å². The quantitative estimate of drug-likeness (QED) is 0.569. The molecule has 0 fully saturated rings. The van der Waals surface area contributed by atoms with Crippen LogP contribution in [0.5, 0.6) is 0 Å². The van der Waals surface area contributed by atoms with Gasteiger partial charge in [0.25, 0.3) is 5.69 Å². The number of rotatable bonds is 2. The van der Waals surface area contributed by atoms with Crippen molar-refractivity contribution in [3.63, 3.8) is 0 Å². The SMILES string of the molecule is C=C(C)c1ccc2c([N+](=O)[O-])cccc2n1. The highest BCUT2D eigenvalue weighted by molar-refractivity contribution is 5.88. The van der Waals surface area contributed by atoms with Crippen LogP contribution in [-0.4, -0.2) is 9.91 Å². The van der Waals surface area contributed by atoms with Gasteiger partial charge in [-0.2, -0.15) is 0 Å². The third-order valence-electron chi connectivity index (χ3n) is 2.34. The summed E-state index contributed by atoms with van der Waals surface area (Å²) in [4.78, 5) is 14.7. The van der Waals surface area contributed by atoms with E-state index >= 15 is 0 Å². The van der Waals surface area contributed by atoms with Crippen LogP contribution in [-0.2, 0) is 0 Å². The van der Waals surface area contributed by atoms with Crippen molar-refractivity contribution < 1.29 is 4.92 Å². The minimum Gasteiger partial charge on any atom is -0.258 e. The first-order valence-corrected chi connectivity index (χ1v) is 4.79. The molecular formula is C12H10N2O2. The summed E-state index contributed by atoms with van der Waals surface area (Å²) in [6.45, 7) is 5.65. The number of allylic oxidation sites excluding steroid dienone is 1. The molecule has 0 aliphatic heterocycles. The fourth-order valence-corrected chi connectivity index (χ4v) is 1.54. The summed E-state index contributed by atoms with van der Waals surface area (Å²) in [5, 5.41) is 11.3. The molecule has 0 saturated heterocycles. The Bertz CT molecular complexity index is 591. The lowest BCUT2D eigenvalue weighted by Gasteiger charge is -2.02. The summed E-state index contributed by atoms with van der Waals surface area (Å²) in [5.74, 6) is 0. The van der Waals surface area contributed by atoms with Crippen LogP contribution in [0.3, 0.4) is 0 Å². The maximum Gasteiger partial charge on any atom is 0.278 e. The predicted octanol–water partition coefficient (Wildman–Crippen LogP) is 3.18. The molecule has 0 saturated carbocycles. The largest absolute Gasteiger partial charge is 0.278 e. The Kier molecular flexibility index (Phi) is 2.40. The van der Waals surface area contributed by atoms with Crippen molar-refractivity contribution in [2.45, 2.75) is 6.92 Å². The van der Waals surface area contributed by atoms with E-state index in [1.54, 1.807) is 24.3 Å². The fraction of sp³-hybridized carbons (Fsp3) is 0.0833. The Labute approximate surface area is 92.4 Å². The number of aromatic nitrogens is 1. The number of nitrogens with zero attached hydrogens (tertiary/aromatic N) is 2. The average Bonchev–Trinajstić information content (AvgIpc) is 2.27. The Balaban J connectivity index is 2.73. The summed E-state index contributed by atoms with van der Waals surface area (Å²) < 4.78 is 0. The number of benzene rings is 1. The Morgan fingerprint density at radius 3 is 2.75 bits per heavy atom. The number of hydrogen-bond donors (Lipinski definition) is 0. The summed E-state index contributed by atoms with van der Waals surface area (Å²) in [6.07, 6.45) is 0. The molecule has 0 aliphatic rings. The van der Waals surface area contributed by atoms with Crippen LogP contribution in [0.15, 0.2) is 36.9 Å². The third-order valence-corrected chi connectivity index (χ3v) is 2.34. The maximum atomic E-state index is 10.8. The number of fused-ring (bicyclic) bond motifs is 1. The van der Waals surface area contributed by atoms with Crippen molar-refractivity contribution in [1.82, 2.24) is 4.98 Å². The molecule has 2 aromatic rings. The molecule has 1 heterocycles. The van der Waals surface area contributed by atoms with Gasteiger partial charge in [0.1, 0.15) is 0 Å². The average molecular weight is 214 g/mol. The number of nitro groups is 1. The zero-order chi connectivity index (χ0) is 11.7. The molecule has 4 heteroatoms. The van der Waals surface area contributed by atoms with Gasteiger partial charge in [-0.15, -0.1) is 0 Å². The normalized spacial score (nSPS) is 10.3. The van der Waals surface area contributed by atoms with E-state index in [9.17, 15) is 10.1 Å². The van der Waals surface area contributed by atoms with Gasteiger partial charge in [0.2, 0.25) is 0 Å². The molecule has 0 aliphatic carbocycles. The third kappa shape index (κ3) is 1.65. The van der Waals surface area contributed by atoms with Crippen molar-refractivity contribution in [3.05, 3.63) is 52.7 Å². The first-order valence-electron chi connectivity index (χ1n) is 4.79. The van der Waals surface area contributed by atoms with Gasteiger partial charge in [-0.05, 0) is 30.7 Å². The van der Waals surface area contributed by atoms with E-state index in [4.69, 9.17) is 0 Å². The molecule has 0 N–H and O–H groups in total. The van der Waals surface area contributed by atoms with E-state index in [1.807, 2.05) is 6.92 Å². The molecule has 4 nitrogen and oxygen atoms in total. The first kappa shape index (κ1) is 10.3. The molecule has 1 aromatic heterocycles. The molecule has 16 heavy (non-hydrogen) atoms. The molecule has 1 aromatic carbocycles. The van der Waals surface area contributed by atoms with Crippen molar-refractivity contribution >= 4 is 22.2 Å².